The Morgan fingerprint density at radius 3 is 1.63 bits per heavy atom. The van der Waals surface area contributed by atoms with Gasteiger partial charge in [-0.2, -0.15) is 15.0 Å². The fourth-order valence-electron chi connectivity index (χ4n) is 4.86. The Kier molecular flexibility index (Phi) is 10.7. The van der Waals surface area contributed by atoms with E-state index in [-0.39, 0.29) is 31.3 Å². The van der Waals surface area contributed by atoms with Crippen LogP contribution in [0.1, 0.15) is 61.0 Å². The Morgan fingerprint density at radius 2 is 1.14 bits per heavy atom. The molecule has 0 amide bonds. The third-order valence-corrected chi connectivity index (χ3v) is 6.63. The van der Waals surface area contributed by atoms with Crippen molar-refractivity contribution in [2.45, 2.75) is 110 Å². The molecule has 0 aromatic carbocycles. The normalized spacial score (nSPS) is 27.5. The highest BCUT2D eigenvalue weighted by Crippen LogP contribution is 2.27. The number of carbonyl (C=O) groups excluding carboxylic acids is 6. The molecule has 2 aromatic rings. The molecule has 4 heterocycles. The standard InChI is InChI=1S/C29H38N6O16/c1-14(36)46-22-11-44-28(26(50-18(5)40)24(22)48-16(3)38)42-9-20-7-30-35(32-20)13-34-8-21(31-33-34)10-43-29-27(51-19(6)41)25(49-17(4)39)23(12-45-29)47-15(2)37/h7-8,22-29H,9-13H2,1-6H3/t22-,23-,24+,25+,26-,27-,28?,29?/m1/s1/i1D,2D,3D,4D,5D,6D. The van der Waals surface area contributed by atoms with Gasteiger partial charge in [0.05, 0.1) is 38.8 Å². The number of ether oxygens (including phenoxy) is 10. The van der Waals surface area contributed by atoms with Crippen molar-refractivity contribution in [3.8, 4) is 0 Å². The minimum absolute atomic E-state index is 0.0945. The molecule has 2 saturated heterocycles. The van der Waals surface area contributed by atoms with Gasteiger partial charge in [-0.3, -0.25) is 28.8 Å². The van der Waals surface area contributed by atoms with Crippen molar-refractivity contribution in [1.29, 1.82) is 0 Å². The molecule has 0 aliphatic carbocycles. The summed E-state index contributed by atoms with van der Waals surface area (Å²) in [6, 6.07) is 0. The van der Waals surface area contributed by atoms with Crippen molar-refractivity contribution in [2.24, 2.45) is 0 Å². The topological polar surface area (TPSA) is 256 Å². The van der Waals surface area contributed by atoms with E-state index in [0.29, 0.717) is 0 Å². The van der Waals surface area contributed by atoms with Gasteiger partial charge in [0.25, 0.3) is 0 Å². The lowest BCUT2D eigenvalue weighted by molar-refractivity contribution is -0.284. The molecule has 22 heteroatoms. The van der Waals surface area contributed by atoms with Gasteiger partial charge in [0.1, 0.15) is 11.4 Å². The second-order valence-corrected chi connectivity index (χ2v) is 10.5. The van der Waals surface area contributed by atoms with E-state index in [2.05, 4.69) is 20.5 Å². The maximum absolute atomic E-state index is 12.1. The molecular formula is C29H38N6O16. The summed E-state index contributed by atoms with van der Waals surface area (Å²) in [6.07, 6.45) is -8.82. The SMILES string of the molecule is [2H]CC(=O)O[C@H]1[C@H](OC(=O)C[2H])COC(OCc2cn(Cn3ncc(COC4OC[C@@H](OC(=O)C[2H])[C@H](OC(=O)C[2H])[C@H]4OC(=O)C[2H])n3)nn2)[C@@H]1OC(=O)C[2H]. The van der Waals surface area contributed by atoms with Crippen molar-refractivity contribution in [1.82, 2.24) is 30.0 Å². The number of hydrogen-bond donors (Lipinski definition) is 0. The number of carbonyl (C=O) groups is 6. The smallest absolute Gasteiger partial charge is 0.303 e. The van der Waals surface area contributed by atoms with E-state index >= 15 is 0 Å². The first-order valence-corrected chi connectivity index (χ1v) is 14.6. The molecular weight excluding hydrogens is 688 g/mol. The van der Waals surface area contributed by atoms with Crippen LogP contribution in [0.25, 0.3) is 0 Å². The number of hydrogen-bond acceptors (Lipinski definition) is 20. The molecule has 2 fully saturated rings. The first-order chi connectivity index (χ1) is 27.4. The summed E-state index contributed by atoms with van der Waals surface area (Å²) >= 11 is 0. The molecule has 2 aromatic heterocycles. The number of rotatable bonds is 14. The van der Waals surface area contributed by atoms with Crippen LogP contribution in [0.2, 0.25) is 0 Å². The van der Waals surface area contributed by atoms with Crippen LogP contribution in [0, 0.1) is 0 Å². The monoisotopic (exact) mass is 732 g/mol. The fourth-order valence-corrected chi connectivity index (χ4v) is 4.86. The van der Waals surface area contributed by atoms with Gasteiger partial charge in [-0.1, -0.05) is 5.21 Å². The Hall–Kier alpha value is -5.06. The van der Waals surface area contributed by atoms with Crippen LogP contribution in [-0.4, -0.2) is 128 Å². The molecule has 280 valence electrons. The fraction of sp³-hybridized carbons (Fsp3) is 0.655. The van der Waals surface area contributed by atoms with E-state index < -0.39 is 140 Å². The van der Waals surface area contributed by atoms with E-state index in [4.69, 9.17) is 55.6 Å². The summed E-state index contributed by atoms with van der Waals surface area (Å²) in [5.41, 5.74) is 0.447. The average molecular weight is 733 g/mol. The zero-order chi connectivity index (χ0) is 41.5. The van der Waals surface area contributed by atoms with E-state index in [1.165, 1.54) is 21.9 Å². The van der Waals surface area contributed by atoms with Crippen LogP contribution in [0.15, 0.2) is 12.4 Å². The third-order valence-electron chi connectivity index (χ3n) is 6.63. The quantitative estimate of drug-likeness (QED) is 0.162. The van der Waals surface area contributed by atoms with E-state index in [0.717, 1.165) is 0 Å². The van der Waals surface area contributed by atoms with Crippen LogP contribution in [0.3, 0.4) is 0 Å². The maximum atomic E-state index is 12.1. The lowest BCUT2D eigenvalue weighted by Gasteiger charge is -2.40. The maximum Gasteiger partial charge on any atom is 0.303 e. The third kappa shape index (κ3) is 11.5. The van der Waals surface area contributed by atoms with Gasteiger partial charge in [0.15, 0.2) is 55.9 Å². The summed E-state index contributed by atoms with van der Waals surface area (Å²) in [5.74, 6) is -6.16. The number of nitrogens with zero attached hydrogens (tertiary/aromatic N) is 6. The summed E-state index contributed by atoms with van der Waals surface area (Å²) in [6.45, 7) is -6.32. The highest BCUT2D eigenvalue weighted by molar-refractivity contribution is 5.69. The van der Waals surface area contributed by atoms with Crippen LogP contribution < -0.4 is 0 Å². The first-order valence-electron chi connectivity index (χ1n) is 18.8. The predicted molar refractivity (Wildman–Crippen MR) is 158 cm³/mol. The molecule has 2 unspecified atom stereocenters. The van der Waals surface area contributed by atoms with Gasteiger partial charge < -0.3 is 47.4 Å². The van der Waals surface area contributed by atoms with Crippen LogP contribution in [0.5, 0.6) is 0 Å². The van der Waals surface area contributed by atoms with Gasteiger partial charge >= 0.3 is 35.8 Å². The Labute approximate surface area is 298 Å². The second kappa shape index (κ2) is 17.7. The van der Waals surface area contributed by atoms with E-state index in [1.807, 2.05) is 0 Å². The Morgan fingerprint density at radius 1 is 0.686 bits per heavy atom. The molecule has 0 bridgehead atoms. The van der Waals surface area contributed by atoms with Gasteiger partial charge in [-0.05, 0) is 0 Å². The molecule has 2 aliphatic heterocycles. The molecule has 22 nitrogen and oxygen atoms in total. The van der Waals surface area contributed by atoms with Crippen molar-refractivity contribution >= 4 is 35.8 Å². The Balaban J connectivity index is 1.39. The summed E-state index contributed by atoms with van der Waals surface area (Å²) in [4.78, 5) is 73.1. The molecule has 0 radical (unpaired) electrons. The predicted octanol–water partition coefficient (Wildman–Crippen LogP) is -1.29. The molecule has 8 atom stereocenters. The summed E-state index contributed by atoms with van der Waals surface area (Å²) < 4.78 is 98.8. The summed E-state index contributed by atoms with van der Waals surface area (Å²) in [5, 5.41) is 16.4. The number of aromatic nitrogens is 6. The van der Waals surface area contributed by atoms with Gasteiger partial charge in [0, 0.05) is 49.6 Å². The van der Waals surface area contributed by atoms with Crippen LogP contribution >= 0.6 is 0 Å². The minimum atomic E-state index is -1.55. The van der Waals surface area contributed by atoms with Gasteiger partial charge in [-0.15, -0.1) is 5.10 Å². The molecule has 51 heavy (non-hydrogen) atoms. The van der Waals surface area contributed by atoms with E-state index in [9.17, 15) is 28.8 Å². The van der Waals surface area contributed by atoms with Crippen LogP contribution in [0.4, 0.5) is 0 Å². The van der Waals surface area contributed by atoms with E-state index in [1.54, 1.807) is 0 Å². The lowest BCUT2D eigenvalue weighted by atomic mass is 10.0. The minimum Gasteiger partial charge on any atom is -0.456 e. The lowest BCUT2D eigenvalue weighted by Crippen LogP contribution is -2.58. The largest absolute Gasteiger partial charge is 0.456 e. The highest BCUT2D eigenvalue weighted by atomic mass is 16.7. The molecule has 0 spiro atoms. The molecule has 0 N–H and O–H groups in total. The molecule has 4 rings (SSSR count). The Bertz CT molecular complexity index is 1570. The highest BCUT2D eigenvalue weighted by Gasteiger charge is 2.49. The van der Waals surface area contributed by atoms with Crippen molar-refractivity contribution < 1.29 is 84.4 Å². The van der Waals surface area contributed by atoms with Gasteiger partial charge in [0.2, 0.25) is 0 Å². The zero-order valence-electron chi connectivity index (χ0n) is 32.8. The van der Waals surface area contributed by atoms with Gasteiger partial charge in [-0.25, -0.2) is 4.68 Å². The van der Waals surface area contributed by atoms with Crippen molar-refractivity contribution in [3.05, 3.63) is 23.8 Å². The van der Waals surface area contributed by atoms with Crippen molar-refractivity contribution in [3.63, 3.8) is 0 Å². The first kappa shape index (κ1) is 30.7. The van der Waals surface area contributed by atoms with Crippen LogP contribution in [-0.2, 0) is 96.0 Å². The number of esters is 6. The molecule has 0 saturated carbocycles. The van der Waals surface area contributed by atoms with Crippen molar-refractivity contribution in [2.75, 3.05) is 13.2 Å². The summed E-state index contributed by atoms with van der Waals surface area (Å²) in [7, 11) is 0. The zero-order valence-corrected chi connectivity index (χ0v) is 26.8. The molecule has 2 aliphatic rings. The second-order valence-electron chi connectivity index (χ2n) is 10.5. The average Bonchev–Trinajstić information content (AvgIpc) is 3.87.